The van der Waals surface area contributed by atoms with Crippen LogP contribution in [-0.2, 0) is 6.54 Å². The molecule has 1 amide bonds. The fourth-order valence-corrected chi connectivity index (χ4v) is 2.91. The summed E-state index contributed by atoms with van der Waals surface area (Å²) in [5.41, 5.74) is 1.14. The molecule has 6 heteroatoms. The highest BCUT2D eigenvalue weighted by atomic mass is 35.5. The lowest BCUT2D eigenvalue weighted by molar-refractivity contribution is 0.103. The second-order valence-electron chi connectivity index (χ2n) is 5.75. The van der Waals surface area contributed by atoms with E-state index in [2.05, 4.69) is 11.0 Å². The van der Waals surface area contributed by atoms with Gasteiger partial charge in [-0.15, -0.1) is 0 Å². The summed E-state index contributed by atoms with van der Waals surface area (Å²) in [5, 5.41) is 9.63. The van der Waals surface area contributed by atoms with Crippen LogP contribution in [0.4, 0.5) is 4.79 Å². The largest absolute Gasteiger partial charge is 0.465 e. The standard InChI is InChI=1S/C18H19ClN2O3/c19-15-4-2-6-17(12-15)24-16-5-1-3-14(11-16)13-20-7-9-21(10-8-20)18(22)23/h1-6,11-12H,7-10,13H2,(H,22,23). The monoisotopic (exact) mass is 346 g/mol. The van der Waals surface area contributed by atoms with Gasteiger partial charge in [-0.05, 0) is 35.9 Å². The van der Waals surface area contributed by atoms with E-state index in [4.69, 9.17) is 21.4 Å². The van der Waals surface area contributed by atoms with E-state index in [1.54, 1.807) is 6.07 Å². The number of halogens is 1. The van der Waals surface area contributed by atoms with Crippen molar-refractivity contribution < 1.29 is 14.6 Å². The topological polar surface area (TPSA) is 53.0 Å². The van der Waals surface area contributed by atoms with E-state index in [1.165, 1.54) is 4.90 Å². The number of benzene rings is 2. The summed E-state index contributed by atoms with van der Waals surface area (Å²) < 4.78 is 5.85. The first-order valence-corrected chi connectivity index (χ1v) is 8.20. The Morgan fingerprint density at radius 3 is 2.38 bits per heavy atom. The highest BCUT2D eigenvalue weighted by Crippen LogP contribution is 2.25. The van der Waals surface area contributed by atoms with Gasteiger partial charge in [0.1, 0.15) is 11.5 Å². The van der Waals surface area contributed by atoms with Crippen LogP contribution >= 0.6 is 11.6 Å². The van der Waals surface area contributed by atoms with Crippen LogP contribution in [0, 0.1) is 0 Å². The summed E-state index contributed by atoms with van der Waals surface area (Å²) in [6, 6.07) is 15.2. The third kappa shape index (κ3) is 4.40. The Labute approximate surface area is 146 Å². The second kappa shape index (κ2) is 7.55. The molecule has 1 N–H and O–H groups in total. The van der Waals surface area contributed by atoms with Gasteiger partial charge in [0.25, 0.3) is 0 Å². The summed E-state index contributed by atoms with van der Waals surface area (Å²) in [6.45, 7) is 3.36. The number of ether oxygens (including phenoxy) is 1. The summed E-state index contributed by atoms with van der Waals surface area (Å²) >= 11 is 5.97. The van der Waals surface area contributed by atoms with Gasteiger partial charge in [-0.3, -0.25) is 4.90 Å². The molecule has 0 bridgehead atoms. The van der Waals surface area contributed by atoms with Gasteiger partial charge in [-0.25, -0.2) is 4.79 Å². The minimum Gasteiger partial charge on any atom is -0.465 e. The Morgan fingerprint density at radius 2 is 1.71 bits per heavy atom. The van der Waals surface area contributed by atoms with Crippen molar-refractivity contribution in [1.29, 1.82) is 0 Å². The molecule has 0 aliphatic carbocycles. The van der Waals surface area contributed by atoms with Crippen LogP contribution in [0.1, 0.15) is 5.56 Å². The lowest BCUT2D eigenvalue weighted by atomic mass is 10.2. The number of piperazine rings is 1. The number of carbonyl (C=O) groups is 1. The van der Waals surface area contributed by atoms with Crippen LogP contribution in [0.5, 0.6) is 11.5 Å². The van der Waals surface area contributed by atoms with E-state index in [0.717, 1.165) is 30.9 Å². The Kier molecular flexibility index (Phi) is 5.23. The molecule has 1 saturated heterocycles. The molecule has 0 radical (unpaired) electrons. The van der Waals surface area contributed by atoms with E-state index in [1.807, 2.05) is 36.4 Å². The Hall–Kier alpha value is -2.24. The van der Waals surface area contributed by atoms with Crippen molar-refractivity contribution in [1.82, 2.24) is 9.80 Å². The van der Waals surface area contributed by atoms with Crippen molar-refractivity contribution in [3.8, 4) is 11.5 Å². The fourth-order valence-electron chi connectivity index (χ4n) is 2.73. The first-order valence-electron chi connectivity index (χ1n) is 7.83. The van der Waals surface area contributed by atoms with Gasteiger partial charge in [-0.2, -0.15) is 0 Å². The van der Waals surface area contributed by atoms with E-state index < -0.39 is 6.09 Å². The van der Waals surface area contributed by atoms with Crippen LogP contribution in [-0.4, -0.2) is 47.2 Å². The number of hydrogen-bond acceptors (Lipinski definition) is 3. The first kappa shape index (κ1) is 16.6. The number of hydrogen-bond donors (Lipinski definition) is 1. The smallest absolute Gasteiger partial charge is 0.407 e. The van der Waals surface area contributed by atoms with Crippen LogP contribution in [0.25, 0.3) is 0 Å². The predicted octanol–water partition coefficient (Wildman–Crippen LogP) is 3.93. The fraction of sp³-hybridized carbons (Fsp3) is 0.278. The van der Waals surface area contributed by atoms with E-state index in [0.29, 0.717) is 23.9 Å². The lowest BCUT2D eigenvalue weighted by Crippen LogP contribution is -2.47. The predicted molar refractivity (Wildman–Crippen MR) is 92.8 cm³/mol. The second-order valence-corrected chi connectivity index (χ2v) is 6.19. The molecule has 2 aromatic carbocycles. The minimum absolute atomic E-state index is 0.550. The summed E-state index contributed by atoms with van der Waals surface area (Å²) in [6.07, 6.45) is -0.841. The lowest BCUT2D eigenvalue weighted by Gasteiger charge is -2.33. The highest BCUT2D eigenvalue weighted by Gasteiger charge is 2.20. The van der Waals surface area contributed by atoms with Gasteiger partial charge in [0.2, 0.25) is 0 Å². The Balaban J connectivity index is 1.60. The molecule has 0 aromatic heterocycles. The summed E-state index contributed by atoms with van der Waals surface area (Å²) in [5.74, 6) is 1.47. The maximum absolute atomic E-state index is 10.9. The van der Waals surface area contributed by atoms with Crippen LogP contribution in [0.2, 0.25) is 5.02 Å². The van der Waals surface area contributed by atoms with Crippen molar-refractivity contribution in [2.24, 2.45) is 0 Å². The van der Waals surface area contributed by atoms with Gasteiger partial charge in [0.15, 0.2) is 0 Å². The average molecular weight is 347 g/mol. The molecule has 1 aliphatic heterocycles. The quantitative estimate of drug-likeness (QED) is 0.911. The molecule has 1 aliphatic rings. The van der Waals surface area contributed by atoms with E-state index >= 15 is 0 Å². The van der Waals surface area contributed by atoms with Crippen LogP contribution < -0.4 is 4.74 Å². The van der Waals surface area contributed by atoms with Crippen molar-refractivity contribution >= 4 is 17.7 Å². The normalized spacial score (nSPS) is 15.3. The summed E-state index contributed by atoms with van der Waals surface area (Å²) in [7, 11) is 0. The highest BCUT2D eigenvalue weighted by molar-refractivity contribution is 6.30. The van der Waals surface area contributed by atoms with Crippen molar-refractivity contribution in [3.05, 3.63) is 59.1 Å². The zero-order valence-electron chi connectivity index (χ0n) is 13.2. The Bertz CT molecular complexity index is 715. The Morgan fingerprint density at radius 1 is 1.04 bits per heavy atom. The van der Waals surface area contributed by atoms with Gasteiger partial charge in [-0.1, -0.05) is 29.8 Å². The molecule has 24 heavy (non-hydrogen) atoms. The molecule has 0 atom stereocenters. The molecule has 0 spiro atoms. The number of amides is 1. The van der Waals surface area contributed by atoms with Crippen molar-refractivity contribution in [2.45, 2.75) is 6.54 Å². The van der Waals surface area contributed by atoms with Crippen molar-refractivity contribution in [2.75, 3.05) is 26.2 Å². The third-order valence-electron chi connectivity index (χ3n) is 3.98. The first-order chi connectivity index (χ1) is 11.6. The zero-order valence-corrected chi connectivity index (χ0v) is 13.9. The van der Waals surface area contributed by atoms with E-state index in [-0.39, 0.29) is 0 Å². The molecule has 1 heterocycles. The molecular formula is C18H19ClN2O3. The maximum Gasteiger partial charge on any atom is 0.407 e. The number of nitrogens with zero attached hydrogens (tertiary/aromatic N) is 2. The minimum atomic E-state index is -0.841. The molecule has 1 fully saturated rings. The zero-order chi connectivity index (χ0) is 16.9. The molecule has 126 valence electrons. The SMILES string of the molecule is O=C(O)N1CCN(Cc2cccc(Oc3cccc(Cl)c3)c2)CC1. The number of carboxylic acid groups (broad SMARTS) is 1. The summed E-state index contributed by atoms with van der Waals surface area (Å²) in [4.78, 5) is 14.6. The number of rotatable bonds is 4. The molecular weight excluding hydrogens is 328 g/mol. The third-order valence-corrected chi connectivity index (χ3v) is 4.21. The van der Waals surface area contributed by atoms with Gasteiger partial charge in [0, 0.05) is 37.7 Å². The van der Waals surface area contributed by atoms with Crippen LogP contribution in [0.3, 0.4) is 0 Å². The van der Waals surface area contributed by atoms with Crippen LogP contribution in [0.15, 0.2) is 48.5 Å². The average Bonchev–Trinajstić information content (AvgIpc) is 2.56. The molecule has 5 nitrogen and oxygen atoms in total. The molecule has 2 aromatic rings. The van der Waals surface area contributed by atoms with E-state index in [9.17, 15) is 4.79 Å². The van der Waals surface area contributed by atoms with Gasteiger partial charge < -0.3 is 14.7 Å². The molecule has 0 unspecified atom stereocenters. The van der Waals surface area contributed by atoms with Gasteiger partial charge in [0.05, 0.1) is 0 Å². The van der Waals surface area contributed by atoms with Crippen molar-refractivity contribution in [3.63, 3.8) is 0 Å². The van der Waals surface area contributed by atoms with Gasteiger partial charge >= 0.3 is 6.09 Å². The molecule has 0 saturated carbocycles. The maximum atomic E-state index is 10.9. The molecule has 3 rings (SSSR count).